The van der Waals surface area contributed by atoms with E-state index in [0.717, 1.165) is 24.6 Å². The third-order valence-electron chi connectivity index (χ3n) is 3.09. The van der Waals surface area contributed by atoms with Crippen LogP contribution in [0.4, 0.5) is 0 Å². The summed E-state index contributed by atoms with van der Waals surface area (Å²) < 4.78 is 5.39. The Morgan fingerprint density at radius 1 is 1.56 bits per heavy atom. The van der Waals surface area contributed by atoms with Crippen molar-refractivity contribution in [3.8, 4) is 0 Å². The first-order chi connectivity index (χ1) is 7.66. The topological polar surface area (TPSA) is 54.3 Å². The second-order valence-electron chi connectivity index (χ2n) is 4.47. The van der Waals surface area contributed by atoms with Gasteiger partial charge in [-0.2, -0.15) is 0 Å². The molecule has 0 saturated carbocycles. The van der Waals surface area contributed by atoms with Gasteiger partial charge in [-0.25, -0.2) is 0 Å². The van der Waals surface area contributed by atoms with E-state index in [1.807, 2.05) is 19.1 Å². The summed E-state index contributed by atoms with van der Waals surface area (Å²) in [6, 6.07) is 3.80. The first-order valence-electron chi connectivity index (χ1n) is 5.70. The fourth-order valence-electron chi connectivity index (χ4n) is 2.05. The highest BCUT2D eigenvalue weighted by molar-refractivity contribution is 5.79. The number of furan rings is 1. The molecule has 0 spiro atoms. The number of aryl methyl sites for hydroxylation is 1. The van der Waals surface area contributed by atoms with Crippen molar-refractivity contribution in [2.75, 3.05) is 13.1 Å². The molecule has 1 aliphatic heterocycles. The van der Waals surface area contributed by atoms with Gasteiger partial charge in [0, 0.05) is 6.54 Å². The molecule has 4 heteroatoms. The summed E-state index contributed by atoms with van der Waals surface area (Å²) in [7, 11) is 0. The maximum Gasteiger partial charge on any atom is 0.225 e. The molecule has 1 amide bonds. The Bertz CT molecular complexity index is 373. The molecule has 4 nitrogen and oxygen atoms in total. The molecule has 2 atom stereocenters. The zero-order valence-electron chi connectivity index (χ0n) is 9.75. The van der Waals surface area contributed by atoms with Crippen LogP contribution in [0.5, 0.6) is 0 Å². The normalized spacial score (nSPS) is 24.6. The minimum absolute atomic E-state index is 0.0936. The number of nitrogens with one attached hydrogen (secondary N) is 2. The first-order valence-corrected chi connectivity index (χ1v) is 5.70. The van der Waals surface area contributed by atoms with Gasteiger partial charge >= 0.3 is 0 Å². The summed E-state index contributed by atoms with van der Waals surface area (Å²) in [5, 5.41) is 6.13. The monoisotopic (exact) mass is 222 g/mol. The fraction of sp³-hybridized carbons (Fsp3) is 0.583. The van der Waals surface area contributed by atoms with Gasteiger partial charge in [-0.1, -0.05) is 6.92 Å². The van der Waals surface area contributed by atoms with E-state index in [0.29, 0.717) is 12.5 Å². The third-order valence-corrected chi connectivity index (χ3v) is 3.09. The molecular formula is C12H18N2O2. The van der Waals surface area contributed by atoms with Crippen LogP contribution in [0.1, 0.15) is 18.4 Å². The molecule has 1 aromatic rings. The van der Waals surface area contributed by atoms with Gasteiger partial charge in [-0.3, -0.25) is 4.79 Å². The van der Waals surface area contributed by atoms with Crippen LogP contribution in [0.25, 0.3) is 0 Å². The number of carbonyl (C=O) groups is 1. The van der Waals surface area contributed by atoms with Gasteiger partial charge in [-0.15, -0.1) is 0 Å². The van der Waals surface area contributed by atoms with E-state index in [2.05, 4.69) is 17.6 Å². The Kier molecular flexibility index (Phi) is 3.29. The lowest BCUT2D eigenvalue weighted by Gasteiger charge is -2.13. The van der Waals surface area contributed by atoms with Crippen LogP contribution in [0, 0.1) is 18.8 Å². The molecule has 0 radical (unpaired) electrons. The lowest BCUT2D eigenvalue weighted by molar-refractivity contribution is -0.125. The highest BCUT2D eigenvalue weighted by atomic mass is 16.3. The summed E-state index contributed by atoms with van der Waals surface area (Å²) in [6.07, 6.45) is 0. The van der Waals surface area contributed by atoms with Crippen molar-refractivity contribution < 1.29 is 9.21 Å². The average molecular weight is 222 g/mol. The standard InChI is InChI=1S/C12H18N2O2/c1-8-5-13-7-11(8)12(15)14-6-10-4-3-9(2)16-10/h3-4,8,11,13H,5-7H2,1-2H3,(H,14,15). The third kappa shape index (κ3) is 2.44. The van der Waals surface area contributed by atoms with Crippen LogP contribution in [-0.4, -0.2) is 19.0 Å². The Morgan fingerprint density at radius 2 is 2.38 bits per heavy atom. The van der Waals surface area contributed by atoms with E-state index < -0.39 is 0 Å². The predicted molar refractivity (Wildman–Crippen MR) is 60.8 cm³/mol. The smallest absolute Gasteiger partial charge is 0.225 e. The number of carbonyl (C=O) groups excluding carboxylic acids is 1. The van der Waals surface area contributed by atoms with E-state index >= 15 is 0 Å². The average Bonchev–Trinajstić information content (AvgIpc) is 2.84. The molecule has 1 saturated heterocycles. The summed E-state index contributed by atoms with van der Waals surface area (Å²) >= 11 is 0. The SMILES string of the molecule is Cc1ccc(CNC(=O)C2CNCC2C)o1. The van der Waals surface area contributed by atoms with Crippen molar-refractivity contribution >= 4 is 5.91 Å². The molecule has 2 rings (SSSR count). The van der Waals surface area contributed by atoms with E-state index in [9.17, 15) is 4.79 Å². The molecule has 1 aromatic heterocycles. The summed E-state index contributed by atoms with van der Waals surface area (Å²) in [4.78, 5) is 11.8. The molecular weight excluding hydrogens is 204 g/mol. The molecule has 0 aliphatic carbocycles. The quantitative estimate of drug-likeness (QED) is 0.804. The van der Waals surface area contributed by atoms with Gasteiger partial charge < -0.3 is 15.1 Å². The molecule has 16 heavy (non-hydrogen) atoms. The molecule has 1 fully saturated rings. The Hall–Kier alpha value is -1.29. The van der Waals surface area contributed by atoms with Crippen molar-refractivity contribution in [1.82, 2.24) is 10.6 Å². The summed E-state index contributed by atoms with van der Waals surface area (Å²) in [5.74, 6) is 2.31. The van der Waals surface area contributed by atoms with E-state index in [4.69, 9.17) is 4.42 Å². The largest absolute Gasteiger partial charge is 0.465 e. The maximum atomic E-state index is 11.8. The van der Waals surface area contributed by atoms with Crippen molar-refractivity contribution in [3.63, 3.8) is 0 Å². The highest BCUT2D eigenvalue weighted by Crippen LogP contribution is 2.16. The van der Waals surface area contributed by atoms with Crippen molar-refractivity contribution in [1.29, 1.82) is 0 Å². The van der Waals surface area contributed by atoms with Crippen molar-refractivity contribution in [2.24, 2.45) is 11.8 Å². The molecule has 1 aliphatic rings. The minimum Gasteiger partial charge on any atom is -0.465 e. The number of hydrogen-bond donors (Lipinski definition) is 2. The lowest BCUT2D eigenvalue weighted by Crippen LogP contribution is -2.33. The van der Waals surface area contributed by atoms with Crippen LogP contribution in [0.2, 0.25) is 0 Å². The number of hydrogen-bond acceptors (Lipinski definition) is 3. The van der Waals surface area contributed by atoms with Gasteiger partial charge in [0.2, 0.25) is 5.91 Å². The summed E-state index contributed by atoms with van der Waals surface area (Å²) in [5.41, 5.74) is 0. The second kappa shape index (κ2) is 4.70. The molecule has 2 N–H and O–H groups in total. The first kappa shape index (κ1) is 11.2. The van der Waals surface area contributed by atoms with Gasteiger partial charge in [0.25, 0.3) is 0 Å². The molecule has 2 unspecified atom stereocenters. The van der Waals surface area contributed by atoms with E-state index in [-0.39, 0.29) is 11.8 Å². The lowest BCUT2D eigenvalue weighted by atomic mass is 9.97. The predicted octanol–water partition coefficient (Wildman–Crippen LogP) is 1.06. The van der Waals surface area contributed by atoms with Crippen LogP contribution in [-0.2, 0) is 11.3 Å². The molecule has 88 valence electrons. The summed E-state index contributed by atoms with van der Waals surface area (Å²) in [6.45, 7) is 6.19. The number of rotatable bonds is 3. The van der Waals surface area contributed by atoms with Crippen molar-refractivity contribution in [2.45, 2.75) is 20.4 Å². The molecule has 2 heterocycles. The van der Waals surface area contributed by atoms with Crippen LogP contribution in [0.3, 0.4) is 0 Å². The Balaban J connectivity index is 1.83. The second-order valence-corrected chi connectivity index (χ2v) is 4.47. The van der Waals surface area contributed by atoms with Gasteiger partial charge in [-0.05, 0) is 31.5 Å². The maximum absolute atomic E-state index is 11.8. The minimum atomic E-state index is 0.0936. The van der Waals surface area contributed by atoms with Gasteiger partial charge in [0.1, 0.15) is 11.5 Å². The molecule has 0 bridgehead atoms. The van der Waals surface area contributed by atoms with Gasteiger partial charge in [0.15, 0.2) is 0 Å². The molecule has 0 aromatic carbocycles. The van der Waals surface area contributed by atoms with E-state index in [1.54, 1.807) is 0 Å². The number of amides is 1. The zero-order valence-corrected chi connectivity index (χ0v) is 9.75. The van der Waals surface area contributed by atoms with Crippen LogP contribution < -0.4 is 10.6 Å². The Labute approximate surface area is 95.4 Å². The highest BCUT2D eigenvalue weighted by Gasteiger charge is 2.29. The van der Waals surface area contributed by atoms with E-state index in [1.165, 1.54) is 0 Å². The fourth-order valence-corrected chi connectivity index (χ4v) is 2.05. The van der Waals surface area contributed by atoms with Crippen molar-refractivity contribution in [3.05, 3.63) is 23.7 Å². The Morgan fingerprint density at radius 3 is 2.94 bits per heavy atom. The van der Waals surface area contributed by atoms with Crippen LogP contribution in [0.15, 0.2) is 16.5 Å². The zero-order chi connectivity index (χ0) is 11.5. The van der Waals surface area contributed by atoms with Gasteiger partial charge in [0.05, 0.1) is 12.5 Å². The van der Waals surface area contributed by atoms with Crippen LogP contribution >= 0.6 is 0 Å².